The Balaban J connectivity index is -0.0000000145. The molecule has 0 aliphatic heterocycles. The monoisotopic (exact) mass is 346 g/mol. The number of aliphatic hydroxyl groups excluding tert-OH is 4. The average molecular weight is 347 g/mol. The predicted octanol–water partition coefficient (Wildman–Crippen LogP) is -1.56. The third-order valence-corrected chi connectivity index (χ3v) is 0. The Labute approximate surface area is 105 Å². The summed E-state index contributed by atoms with van der Waals surface area (Å²) in [6.45, 7) is 2.00. The van der Waals surface area contributed by atoms with Crippen molar-refractivity contribution >= 4 is 25.9 Å². The molecule has 0 saturated heterocycles. The minimum atomic E-state index is 0. The van der Waals surface area contributed by atoms with Gasteiger partial charge in [0.25, 0.3) is 0 Å². The predicted molar refractivity (Wildman–Crippen MR) is 33.3 cm³/mol. The smallest absolute Gasteiger partial charge is 0 e. The van der Waals surface area contributed by atoms with Gasteiger partial charge in [0.2, 0.25) is 0 Å². The van der Waals surface area contributed by atoms with Crippen molar-refractivity contribution < 1.29 is 78.8 Å². The van der Waals surface area contributed by atoms with E-state index in [4.69, 9.17) is 39.6 Å². The molecule has 14 heavy (non-hydrogen) atoms. The first kappa shape index (κ1) is 38.0. The SMILES string of the molecule is O=[C-]O.O=[C-]O.O=[C-]O.O=[C-]O.[Ag].[Co]. The molecular weight excluding hydrogens is 343 g/mol. The molecule has 0 aliphatic carbocycles. The van der Waals surface area contributed by atoms with Gasteiger partial charge in [-0.05, 0) is 0 Å². The molecule has 0 rings (SSSR count). The maximum Gasteiger partial charge on any atom is 0 e. The Morgan fingerprint density at radius 3 is 0.571 bits per heavy atom. The van der Waals surface area contributed by atoms with Gasteiger partial charge < -0.3 is 39.6 Å². The fourth-order valence-corrected chi connectivity index (χ4v) is 0. The Morgan fingerprint density at radius 2 is 0.571 bits per heavy atom. The van der Waals surface area contributed by atoms with Crippen LogP contribution in [0.2, 0.25) is 0 Å². The van der Waals surface area contributed by atoms with Crippen LogP contribution in [0.1, 0.15) is 0 Å². The molecule has 0 fully saturated rings. The summed E-state index contributed by atoms with van der Waals surface area (Å²) in [5, 5.41) is 27.1. The summed E-state index contributed by atoms with van der Waals surface area (Å²) >= 11 is 0. The van der Waals surface area contributed by atoms with Crippen LogP contribution in [0, 0.1) is 0 Å². The van der Waals surface area contributed by atoms with Crippen molar-refractivity contribution in [1.82, 2.24) is 0 Å². The van der Waals surface area contributed by atoms with Crippen LogP contribution in [-0.2, 0) is 58.3 Å². The molecule has 0 aliphatic rings. The molecule has 0 amide bonds. The van der Waals surface area contributed by atoms with Gasteiger partial charge in [0.15, 0.2) is 0 Å². The zero-order chi connectivity index (χ0) is 10.8. The van der Waals surface area contributed by atoms with Gasteiger partial charge in [-0.25, -0.2) is 0 Å². The molecule has 4 N–H and O–H groups in total. The summed E-state index contributed by atoms with van der Waals surface area (Å²) in [6.07, 6.45) is 0. The second-order valence-corrected chi connectivity index (χ2v) is 0.365. The molecule has 0 saturated carbocycles. The van der Waals surface area contributed by atoms with Crippen LogP contribution in [0.15, 0.2) is 0 Å². The van der Waals surface area contributed by atoms with E-state index >= 15 is 0 Å². The van der Waals surface area contributed by atoms with Crippen LogP contribution in [0.3, 0.4) is 0 Å². The van der Waals surface area contributed by atoms with Crippen molar-refractivity contribution in [2.45, 2.75) is 0 Å². The molecule has 0 heterocycles. The van der Waals surface area contributed by atoms with Crippen molar-refractivity contribution in [1.29, 1.82) is 0 Å². The summed E-state index contributed by atoms with van der Waals surface area (Å²) in [4.78, 5) is 32.9. The summed E-state index contributed by atoms with van der Waals surface area (Å²) in [6, 6.07) is 0. The standard InChI is InChI=1S/4CHO2.Ag.Co/c4*2-1-3;;/h4*(H,2,3);;/q4*-1;;. The van der Waals surface area contributed by atoms with E-state index in [1.54, 1.807) is 0 Å². The van der Waals surface area contributed by atoms with E-state index in [2.05, 4.69) is 0 Å². The van der Waals surface area contributed by atoms with Crippen molar-refractivity contribution in [2.75, 3.05) is 0 Å². The van der Waals surface area contributed by atoms with Gasteiger partial charge in [0.1, 0.15) is 0 Å². The van der Waals surface area contributed by atoms with E-state index in [-0.39, 0.29) is 39.2 Å². The first-order valence-corrected chi connectivity index (χ1v) is 1.71. The quantitative estimate of drug-likeness (QED) is 0.304. The minimum Gasteiger partial charge on any atom is -0.665 e. The van der Waals surface area contributed by atoms with E-state index in [9.17, 15) is 0 Å². The fraction of sp³-hybridized carbons (Fsp3) is 0. The third kappa shape index (κ3) is 1500. The van der Waals surface area contributed by atoms with Gasteiger partial charge in [0.05, 0.1) is 0 Å². The van der Waals surface area contributed by atoms with Gasteiger partial charge in [-0.3, -0.25) is 0 Å². The van der Waals surface area contributed by atoms with E-state index in [0.717, 1.165) is 0 Å². The van der Waals surface area contributed by atoms with Crippen molar-refractivity contribution in [2.24, 2.45) is 0 Å². The first-order valence-electron chi connectivity index (χ1n) is 1.71. The molecule has 0 spiro atoms. The summed E-state index contributed by atoms with van der Waals surface area (Å²) in [7, 11) is 0. The number of rotatable bonds is 0. The second kappa shape index (κ2) is 154. The molecule has 2 radical (unpaired) electrons. The molecule has 0 aromatic rings. The van der Waals surface area contributed by atoms with Crippen LogP contribution in [0.25, 0.3) is 0 Å². The Bertz CT molecular complexity index is 75.3. The Kier molecular flexibility index (Phi) is 417. The minimum absolute atomic E-state index is 0. The zero-order valence-corrected chi connectivity index (χ0v) is 8.58. The molecule has 8 nitrogen and oxygen atoms in total. The van der Waals surface area contributed by atoms with Crippen LogP contribution >= 0.6 is 0 Å². The molecular formula is C4H4AgCoO8-4. The summed E-state index contributed by atoms with van der Waals surface area (Å²) in [5.74, 6) is 0. The van der Waals surface area contributed by atoms with Gasteiger partial charge in [-0.1, -0.05) is 25.9 Å². The number of hydrogen-bond acceptors (Lipinski definition) is 4. The summed E-state index contributed by atoms with van der Waals surface area (Å²) in [5.41, 5.74) is 0. The second-order valence-electron chi connectivity index (χ2n) is 0.365. The molecule has 0 aromatic carbocycles. The average Bonchev–Trinajstić information content (AvgIpc) is 1.92. The normalized spacial score (nSPS) is 3.43. The largest absolute Gasteiger partial charge is 0.665 e. The molecule has 0 bridgehead atoms. The number of hydrogen-bond donors (Lipinski definition) is 4. The first-order chi connectivity index (χ1) is 5.66. The summed E-state index contributed by atoms with van der Waals surface area (Å²) < 4.78 is 0. The topological polar surface area (TPSA) is 149 Å². The van der Waals surface area contributed by atoms with Gasteiger partial charge in [-0.15, -0.1) is 0 Å². The maximum atomic E-state index is 8.24. The Morgan fingerprint density at radius 1 is 0.571 bits per heavy atom. The van der Waals surface area contributed by atoms with Crippen molar-refractivity contribution in [3.8, 4) is 0 Å². The van der Waals surface area contributed by atoms with Crippen molar-refractivity contribution in [3.63, 3.8) is 0 Å². The fourth-order valence-electron chi connectivity index (χ4n) is 0. The van der Waals surface area contributed by atoms with Crippen LogP contribution in [0.4, 0.5) is 0 Å². The molecule has 0 aromatic heterocycles. The molecule has 0 unspecified atom stereocenters. The van der Waals surface area contributed by atoms with E-state index in [1.165, 1.54) is 0 Å². The van der Waals surface area contributed by atoms with Crippen LogP contribution < -0.4 is 0 Å². The van der Waals surface area contributed by atoms with E-state index < -0.39 is 0 Å². The Hall–Kier alpha value is -0.873. The van der Waals surface area contributed by atoms with Crippen LogP contribution in [-0.4, -0.2) is 46.3 Å². The van der Waals surface area contributed by atoms with Crippen LogP contribution in [0.5, 0.6) is 0 Å². The maximum absolute atomic E-state index is 8.24. The van der Waals surface area contributed by atoms with Gasteiger partial charge in [-0.2, -0.15) is 0 Å². The third-order valence-electron chi connectivity index (χ3n) is 0. The van der Waals surface area contributed by atoms with Gasteiger partial charge >= 0.3 is 0 Å². The molecule has 92 valence electrons. The van der Waals surface area contributed by atoms with Gasteiger partial charge in [0, 0.05) is 39.2 Å². The molecule has 0 atom stereocenters. The van der Waals surface area contributed by atoms with E-state index in [1.807, 2.05) is 0 Å². The zero-order valence-electron chi connectivity index (χ0n) is 6.06. The van der Waals surface area contributed by atoms with Crippen molar-refractivity contribution in [3.05, 3.63) is 0 Å². The molecule has 10 heteroatoms. The van der Waals surface area contributed by atoms with E-state index in [0.29, 0.717) is 25.9 Å².